The molecule has 0 radical (unpaired) electrons. The SMILES string of the molecule is CC/C=C\C/C=C\C/C=C\C/C=C\C/C=C\C/C=C\C/C=C\C/C=C\CCCCCCC(=O)OC(COC(=O)CCCCCCCCCCCC/C=C\C/C=C\C/C=C\C/C=C\CC)COC(OCC[N+](C)(C)C)C(=O)[O-]. The van der Waals surface area contributed by atoms with Gasteiger partial charge in [0.1, 0.15) is 13.2 Å². The number of hydrogen-bond donors (Lipinski definition) is 0. The van der Waals surface area contributed by atoms with Gasteiger partial charge in [-0.05, 0) is 116 Å². The van der Waals surface area contributed by atoms with Crippen molar-refractivity contribution < 1.29 is 42.9 Å². The Morgan fingerprint density at radius 3 is 1.04 bits per heavy atom. The van der Waals surface area contributed by atoms with Crippen LogP contribution in [-0.4, -0.2) is 82.3 Å². The van der Waals surface area contributed by atoms with E-state index >= 15 is 0 Å². The molecule has 2 atom stereocenters. The largest absolute Gasteiger partial charge is 0.545 e. The molecular weight excluding hydrogens is 959 g/mol. The lowest BCUT2D eigenvalue weighted by Gasteiger charge is -2.26. The van der Waals surface area contributed by atoms with Gasteiger partial charge >= 0.3 is 11.9 Å². The second-order valence-corrected chi connectivity index (χ2v) is 20.5. The zero-order chi connectivity index (χ0) is 56.2. The second-order valence-electron chi connectivity index (χ2n) is 20.5. The molecule has 434 valence electrons. The first kappa shape index (κ1) is 72.2. The Morgan fingerprint density at radius 2 is 0.701 bits per heavy atom. The van der Waals surface area contributed by atoms with Gasteiger partial charge in [0.25, 0.3) is 0 Å². The van der Waals surface area contributed by atoms with Gasteiger partial charge in [0, 0.05) is 12.8 Å². The van der Waals surface area contributed by atoms with Crippen molar-refractivity contribution in [2.24, 2.45) is 0 Å². The van der Waals surface area contributed by atoms with Crippen molar-refractivity contribution in [2.45, 2.75) is 219 Å². The summed E-state index contributed by atoms with van der Waals surface area (Å²) in [5.74, 6) is -2.34. The van der Waals surface area contributed by atoms with E-state index in [-0.39, 0.29) is 38.6 Å². The number of carbonyl (C=O) groups is 3. The van der Waals surface area contributed by atoms with Gasteiger partial charge in [-0.15, -0.1) is 0 Å². The van der Waals surface area contributed by atoms with Gasteiger partial charge in [-0.2, -0.15) is 0 Å². The topological polar surface area (TPSA) is 111 Å². The van der Waals surface area contributed by atoms with E-state index in [9.17, 15) is 19.5 Å². The molecular formula is C68H109NO8. The lowest BCUT2D eigenvalue weighted by atomic mass is 10.1. The van der Waals surface area contributed by atoms with Crippen LogP contribution in [0, 0.1) is 0 Å². The fourth-order valence-corrected chi connectivity index (χ4v) is 7.54. The van der Waals surface area contributed by atoms with Gasteiger partial charge in [0.05, 0.1) is 40.3 Å². The monoisotopic (exact) mass is 1070 g/mol. The predicted molar refractivity (Wildman–Crippen MR) is 324 cm³/mol. The van der Waals surface area contributed by atoms with Crippen LogP contribution in [0.1, 0.15) is 206 Å². The van der Waals surface area contributed by atoms with Crippen molar-refractivity contribution in [1.82, 2.24) is 0 Å². The summed E-state index contributed by atoms with van der Waals surface area (Å²) in [6, 6.07) is 0. The average molecular weight is 1070 g/mol. The summed E-state index contributed by atoms with van der Waals surface area (Å²) in [6.45, 7) is 4.46. The molecule has 0 spiro atoms. The molecule has 9 heteroatoms. The lowest BCUT2D eigenvalue weighted by Crippen LogP contribution is -2.44. The molecule has 0 aliphatic rings. The molecule has 0 aromatic carbocycles. The highest BCUT2D eigenvalue weighted by atomic mass is 16.7. The molecule has 77 heavy (non-hydrogen) atoms. The highest BCUT2D eigenvalue weighted by Crippen LogP contribution is 2.14. The number of nitrogens with zero attached hydrogens (tertiary/aromatic N) is 1. The summed E-state index contributed by atoms with van der Waals surface area (Å²) in [5.41, 5.74) is 0. The standard InChI is InChI=1S/C68H109NO8/c1-6-8-10-12-14-16-18-20-22-24-26-28-30-31-32-33-34-35-37-39-41-43-45-47-49-51-53-55-57-59-66(71)77-64(63-76-68(67(72)73)74-61-60-69(3,4)5)62-75-65(70)58-56-54-52-50-48-46-44-42-40-38-36-29-27-25-23-21-19-17-15-13-11-9-7-2/h8-11,14-17,20-23,26-29,31-32,34-35,39,41,45,47,64,68H,6-7,12-13,18-19,24-25,30,33,36-38,40,42-44,46,48-63H2,1-5H3/b10-8-,11-9-,16-14-,17-15-,22-20-,23-21-,28-26-,29-27-,32-31-,35-34-,41-39-,47-45-. The van der Waals surface area contributed by atoms with Gasteiger partial charge in [-0.25, -0.2) is 0 Å². The normalized spacial score (nSPS) is 13.8. The third kappa shape index (κ3) is 58.7. The molecule has 0 fully saturated rings. The number of esters is 2. The number of carboxylic acids is 1. The first-order chi connectivity index (χ1) is 37.6. The van der Waals surface area contributed by atoms with Crippen molar-refractivity contribution in [2.75, 3.05) is 47.5 Å². The Morgan fingerprint density at radius 1 is 0.390 bits per heavy atom. The molecule has 0 aliphatic heterocycles. The minimum absolute atomic E-state index is 0.133. The van der Waals surface area contributed by atoms with Crippen molar-refractivity contribution >= 4 is 17.9 Å². The predicted octanol–water partition coefficient (Wildman–Crippen LogP) is 16.7. The molecule has 0 saturated heterocycles. The van der Waals surface area contributed by atoms with E-state index in [1.165, 1.54) is 38.5 Å². The fourth-order valence-electron chi connectivity index (χ4n) is 7.54. The van der Waals surface area contributed by atoms with E-state index in [0.29, 0.717) is 17.4 Å². The summed E-state index contributed by atoms with van der Waals surface area (Å²) in [6.07, 6.45) is 80.3. The van der Waals surface area contributed by atoms with Crippen molar-refractivity contribution in [1.29, 1.82) is 0 Å². The molecule has 0 saturated carbocycles. The van der Waals surface area contributed by atoms with Crippen LogP contribution >= 0.6 is 0 Å². The first-order valence-electron chi connectivity index (χ1n) is 30.0. The molecule has 0 bridgehead atoms. The Kier molecular flexibility index (Phi) is 53.8. The smallest absolute Gasteiger partial charge is 0.306 e. The minimum atomic E-state index is -1.64. The highest BCUT2D eigenvalue weighted by Gasteiger charge is 2.22. The summed E-state index contributed by atoms with van der Waals surface area (Å²) in [4.78, 5) is 37.3. The van der Waals surface area contributed by atoms with Crippen LogP contribution in [-0.2, 0) is 33.3 Å². The minimum Gasteiger partial charge on any atom is -0.545 e. The number of likely N-dealkylation sites (N-methyl/N-ethyl adjacent to an activating group) is 1. The number of carbonyl (C=O) groups excluding carboxylic acids is 3. The van der Waals surface area contributed by atoms with E-state index in [0.717, 1.165) is 135 Å². The molecule has 0 aliphatic carbocycles. The number of ether oxygens (including phenoxy) is 4. The number of unbranched alkanes of at least 4 members (excludes halogenated alkanes) is 14. The van der Waals surface area contributed by atoms with Crippen molar-refractivity contribution in [3.63, 3.8) is 0 Å². The lowest BCUT2D eigenvalue weighted by molar-refractivity contribution is -0.870. The van der Waals surface area contributed by atoms with Crippen LogP contribution in [0.2, 0.25) is 0 Å². The Hall–Kier alpha value is -4.83. The fraction of sp³-hybridized carbons (Fsp3) is 0.603. The van der Waals surface area contributed by atoms with Crippen LogP contribution in [0.5, 0.6) is 0 Å². The summed E-state index contributed by atoms with van der Waals surface area (Å²) in [7, 11) is 5.90. The third-order valence-electron chi connectivity index (χ3n) is 12.1. The van der Waals surface area contributed by atoms with Crippen LogP contribution in [0.25, 0.3) is 0 Å². The van der Waals surface area contributed by atoms with Crippen LogP contribution in [0.4, 0.5) is 0 Å². The summed E-state index contributed by atoms with van der Waals surface area (Å²) < 4.78 is 22.7. The number of quaternary nitrogens is 1. The van der Waals surface area contributed by atoms with E-state index in [2.05, 4.69) is 160 Å². The summed E-state index contributed by atoms with van der Waals surface area (Å²) >= 11 is 0. The maximum Gasteiger partial charge on any atom is 0.306 e. The first-order valence-corrected chi connectivity index (χ1v) is 30.0. The molecule has 0 rings (SSSR count). The molecule has 0 N–H and O–H groups in total. The highest BCUT2D eigenvalue weighted by molar-refractivity contribution is 5.70. The molecule has 0 heterocycles. The maximum absolute atomic E-state index is 12.9. The van der Waals surface area contributed by atoms with E-state index in [4.69, 9.17) is 18.9 Å². The quantitative estimate of drug-likeness (QED) is 0.0195. The van der Waals surface area contributed by atoms with Crippen LogP contribution < -0.4 is 5.11 Å². The Labute approximate surface area is 471 Å². The van der Waals surface area contributed by atoms with E-state index in [1.807, 2.05) is 21.1 Å². The third-order valence-corrected chi connectivity index (χ3v) is 12.1. The van der Waals surface area contributed by atoms with E-state index < -0.39 is 24.3 Å². The molecule has 2 unspecified atom stereocenters. The second kappa shape index (κ2) is 57.3. The zero-order valence-electron chi connectivity index (χ0n) is 49.3. The average Bonchev–Trinajstić information content (AvgIpc) is 3.40. The molecule has 0 aromatic rings. The van der Waals surface area contributed by atoms with Gasteiger partial charge < -0.3 is 33.3 Å². The Bertz CT molecular complexity index is 1770. The van der Waals surface area contributed by atoms with Gasteiger partial charge in [0.2, 0.25) is 0 Å². The molecule has 0 aromatic heterocycles. The van der Waals surface area contributed by atoms with Crippen LogP contribution in [0.3, 0.4) is 0 Å². The van der Waals surface area contributed by atoms with Gasteiger partial charge in [-0.3, -0.25) is 9.59 Å². The van der Waals surface area contributed by atoms with E-state index in [1.54, 1.807) is 0 Å². The molecule has 0 amide bonds. The number of aliphatic carboxylic acids is 1. The van der Waals surface area contributed by atoms with Crippen molar-refractivity contribution in [3.8, 4) is 0 Å². The Balaban J connectivity index is 4.35. The van der Waals surface area contributed by atoms with Crippen LogP contribution in [0.15, 0.2) is 146 Å². The summed E-state index contributed by atoms with van der Waals surface area (Å²) in [5, 5.41) is 11.8. The van der Waals surface area contributed by atoms with Gasteiger partial charge in [0.15, 0.2) is 12.4 Å². The number of carboxylic acid groups (broad SMARTS) is 1. The van der Waals surface area contributed by atoms with Gasteiger partial charge in [-0.1, -0.05) is 224 Å². The number of rotatable bonds is 53. The number of hydrogen-bond acceptors (Lipinski definition) is 8. The van der Waals surface area contributed by atoms with Crippen molar-refractivity contribution in [3.05, 3.63) is 146 Å². The maximum atomic E-state index is 12.9. The zero-order valence-corrected chi connectivity index (χ0v) is 49.3. The number of allylic oxidation sites excluding steroid dienone is 24. The molecule has 9 nitrogen and oxygen atoms in total.